The quantitative estimate of drug-likeness (QED) is 0.457. The minimum absolute atomic E-state index is 0.0592. The van der Waals surface area contributed by atoms with E-state index in [4.69, 9.17) is 9.29 Å². The van der Waals surface area contributed by atoms with E-state index in [1.165, 1.54) is 13.2 Å². The molecule has 8 nitrogen and oxygen atoms in total. The lowest BCUT2D eigenvalue weighted by atomic mass is 10.1. The van der Waals surface area contributed by atoms with Crippen LogP contribution in [0.1, 0.15) is 12.0 Å². The van der Waals surface area contributed by atoms with Gasteiger partial charge in [-0.3, -0.25) is 14.7 Å². The third kappa shape index (κ3) is 4.38. The zero-order chi connectivity index (χ0) is 14.6. The molecule has 0 aliphatic rings. The van der Waals surface area contributed by atoms with Crippen molar-refractivity contribution >= 4 is 15.8 Å². The lowest BCUT2D eigenvalue weighted by molar-refractivity contribution is -0.386. The summed E-state index contributed by atoms with van der Waals surface area (Å²) in [4.78, 5) is 9.97. The van der Waals surface area contributed by atoms with E-state index < -0.39 is 32.2 Å². The van der Waals surface area contributed by atoms with Crippen LogP contribution in [0.25, 0.3) is 0 Å². The molecule has 0 heterocycles. The number of nitro groups is 1. The third-order valence-corrected chi connectivity index (χ3v) is 3.20. The molecule has 0 unspecified atom stereocenters. The molecule has 0 radical (unpaired) electrons. The van der Waals surface area contributed by atoms with Crippen molar-refractivity contribution in [2.24, 2.45) is 0 Å². The van der Waals surface area contributed by atoms with Crippen molar-refractivity contribution in [3.05, 3.63) is 27.8 Å². The molecule has 1 aromatic carbocycles. The largest absolute Gasteiger partial charge is 0.500 e. The number of phenols is 1. The SMILES string of the molecule is COc1cc(CCCS(=O)(=O)O)cc([N+](=O)[O-])c1O. The average Bonchev–Trinajstić information content (AvgIpc) is 2.28. The van der Waals surface area contributed by atoms with Gasteiger partial charge in [-0.05, 0) is 24.5 Å². The molecule has 106 valence electrons. The maximum atomic E-state index is 10.7. The van der Waals surface area contributed by atoms with Crippen LogP contribution in [0.3, 0.4) is 0 Å². The lowest BCUT2D eigenvalue weighted by Gasteiger charge is -2.07. The Balaban J connectivity index is 2.96. The second-order valence-electron chi connectivity index (χ2n) is 3.81. The van der Waals surface area contributed by atoms with Gasteiger partial charge < -0.3 is 9.84 Å². The Morgan fingerprint density at radius 3 is 2.53 bits per heavy atom. The molecular weight excluding hydrogens is 278 g/mol. The van der Waals surface area contributed by atoms with Crippen molar-refractivity contribution in [1.82, 2.24) is 0 Å². The third-order valence-electron chi connectivity index (χ3n) is 2.40. The van der Waals surface area contributed by atoms with E-state index in [2.05, 4.69) is 0 Å². The Bertz CT molecular complexity index is 582. The van der Waals surface area contributed by atoms with E-state index in [-0.39, 0.29) is 18.6 Å². The molecule has 1 rings (SSSR count). The topological polar surface area (TPSA) is 127 Å². The van der Waals surface area contributed by atoms with Crippen LogP contribution in [0.15, 0.2) is 12.1 Å². The van der Waals surface area contributed by atoms with Crippen LogP contribution in [0.4, 0.5) is 5.69 Å². The Morgan fingerprint density at radius 1 is 1.42 bits per heavy atom. The smallest absolute Gasteiger partial charge is 0.314 e. The van der Waals surface area contributed by atoms with Crippen molar-refractivity contribution < 1.29 is 27.7 Å². The first kappa shape index (κ1) is 15.2. The standard InChI is InChI=1S/C10H13NO7S/c1-18-9-6-7(3-2-4-19(15,16)17)5-8(10(9)12)11(13)14/h5-6,12H,2-4H2,1H3,(H,15,16,17). The molecule has 0 fully saturated rings. The number of hydrogen-bond donors (Lipinski definition) is 2. The summed E-state index contributed by atoms with van der Waals surface area (Å²) < 4.78 is 34.5. The molecule has 0 aliphatic heterocycles. The van der Waals surface area contributed by atoms with Crippen molar-refractivity contribution in [2.75, 3.05) is 12.9 Å². The molecular formula is C10H13NO7S. The Morgan fingerprint density at radius 2 is 2.05 bits per heavy atom. The summed E-state index contributed by atoms with van der Waals surface area (Å²) in [6, 6.07) is 2.52. The van der Waals surface area contributed by atoms with Crippen LogP contribution in [0.2, 0.25) is 0 Å². The maximum Gasteiger partial charge on any atom is 0.314 e. The van der Waals surface area contributed by atoms with Crippen molar-refractivity contribution in [1.29, 1.82) is 0 Å². The van der Waals surface area contributed by atoms with Crippen LogP contribution in [-0.4, -0.2) is 35.9 Å². The predicted octanol–water partition coefficient (Wildman–Crippen LogP) is 1.13. The maximum absolute atomic E-state index is 10.7. The van der Waals surface area contributed by atoms with Gasteiger partial charge in [0.15, 0.2) is 5.75 Å². The minimum Gasteiger partial charge on any atom is -0.500 e. The fourth-order valence-electron chi connectivity index (χ4n) is 1.55. The molecule has 0 spiro atoms. The van der Waals surface area contributed by atoms with Crippen molar-refractivity contribution in [2.45, 2.75) is 12.8 Å². The Hall–Kier alpha value is -1.87. The van der Waals surface area contributed by atoms with E-state index in [1.54, 1.807) is 0 Å². The predicted molar refractivity (Wildman–Crippen MR) is 66.0 cm³/mol. The van der Waals surface area contributed by atoms with Gasteiger partial charge in [-0.15, -0.1) is 0 Å². The number of hydrogen-bond acceptors (Lipinski definition) is 6. The number of ether oxygens (including phenoxy) is 1. The molecule has 0 saturated carbocycles. The van der Waals surface area contributed by atoms with Crippen LogP contribution in [0.5, 0.6) is 11.5 Å². The van der Waals surface area contributed by atoms with Crippen LogP contribution in [-0.2, 0) is 16.5 Å². The highest BCUT2D eigenvalue weighted by Gasteiger charge is 2.19. The fourth-order valence-corrected chi connectivity index (χ4v) is 2.06. The molecule has 19 heavy (non-hydrogen) atoms. The van der Waals surface area contributed by atoms with E-state index in [9.17, 15) is 23.6 Å². The highest BCUT2D eigenvalue weighted by molar-refractivity contribution is 7.85. The highest BCUT2D eigenvalue weighted by atomic mass is 32.2. The number of aromatic hydroxyl groups is 1. The number of nitro benzene ring substituents is 1. The van der Waals surface area contributed by atoms with Crippen molar-refractivity contribution in [3.8, 4) is 11.5 Å². The summed E-state index contributed by atoms with van der Waals surface area (Å²) in [5.41, 5.74) is -0.0776. The van der Waals surface area contributed by atoms with Crippen LogP contribution < -0.4 is 4.74 Å². The van der Waals surface area contributed by atoms with Crippen molar-refractivity contribution in [3.63, 3.8) is 0 Å². The Labute approximate surface area is 109 Å². The number of aryl methyl sites for hydroxylation is 1. The van der Waals surface area contributed by atoms with Gasteiger partial charge in [0.2, 0.25) is 5.75 Å². The molecule has 1 aromatic rings. The lowest BCUT2D eigenvalue weighted by Crippen LogP contribution is -2.05. The molecule has 0 saturated heterocycles. The summed E-state index contributed by atoms with van der Waals surface area (Å²) >= 11 is 0. The van der Waals surface area contributed by atoms with Gasteiger partial charge in [0.25, 0.3) is 10.1 Å². The van der Waals surface area contributed by atoms with E-state index >= 15 is 0 Å². The average molecular weight is 291 g/mol. The monoisotopic (exact) mass is 291 g/mol. The fraction of sp³-hybridized carbons (Fsp3) is 0.400. The summed E-state index contributed by atoms with van der Waals surface area (Å²) in [6.07, 6.45) is 0.293. The van der Waals surface area contributed by atoms with Gasteiger partial charge in [-0.2, -0.15) is 8.42 Å². The van der Waals surface area contributed by atoms with E-state index in [0.29, 0.717) is 5.56 Å². The summed E-state index contributed by atoms with van der Waals surface area (Å²) in [5, 5.41) is 20.3. The highest BCUT2D eigenvalue weighted by Crippen LogP contribution is 2.37. The number of phenolic OH excluding ortho intramolecular Hbond substituents is 1. The molecule has 2 N–H and O–H groups in total. The molecule has 0 aliphatic carbocycles. The van der Waals surface area contributed by atoms with E-state index in [0.717, 1.165) is 6.07 Å². The first-order chi connectivity index (χ1) is 8.74. The van der Waals surface area contributed by atoms with Gasteiger partial charge in [0.05, 0.1) is 17.8 Å². The summed E-state index contributed by atoms with van der Waals surface area (Å²) in [7, 11) is -2.81. The van der Waals surface area contributed by atoms with E-state index in [1.807, 2.05) is 0 Å². The summed E-state index contributed by atoms with van der Waals surface area (Å²) in [5.74, 6) is -1.08. The Kier molecular flexibility index (Phi) is 4.67. The minimum atomic E-state index is -4.06. The molecule has 9 heteroatoms. The second-order valence-corrected chi connectivity index (χ2v) is 5.38. The number of methoxy groups -OCH3 is 1. The van der Waals surface area contributed by atoms with Gasteiger partial charge in [-0.25, -0.2) is 0 Å². The molecule has 0 atom stereocenters. The second kappa shape index (κ2) is 5.85. The van der Waals surface area contributed by atoms with Crippen LogP contribution in [0, 0.1) is 10.1 Å². The van der Waals surface area contributed by atoms with Crippen LogP contribution >= 0.6 is 0 Å². The first-order valence-electron chi connectivity index (χ1n) is 5.24. The number of nitrogens with zero attached hydrogens (tertiary/aromatic N) is 1. The zero-order valence-corrected chi connectivity index (χ0v) is 10.9. The zero-order valence-electron chi connectivity index (χ0n) is 10.1. The number of benzene rings is 1. The molecule has 0 bridgehead atoms. The van der Waals surface area contributed by atoms with Gasteiger partial charge in [0, 0.05) is 6.07 Å². The molecule has 0 amide bonds. The normalized spacial score (nSPS) is 11.3. The van der Waals surface area contributed by atoms with Gasteiger partial charge in [0.1, 0.15) is 0 Å². The van der Waals surface area contributed by atoms with Gasteiger partial charge >= 0.3 is 5.69 Å². The van der Waals surface area contributed by atoms with Gasteiger partial charge in [-0.1, -0.05) is 0 Å². The number of rotatable bonds is 6. The summed E-state index contributed by atoms with van der Waals surface area (Å²) in [6.45, 7) is 0. The molecule has 0 aromatic heterocycles. The first-order valence-corrected chi connectivity index (χ1v) is 6.85.